The van der Waals surface area contributed by atoms with Crippen LogP contribution in [0.25, 0.3) is 11.1 Å². The molecule has 6 nitrogen and oxygen atoms in total. The molecule has 0 radical (unpaired) electrons. The number of benzene rings is 1. The summed E-state index contributed by atoms with van der Waals surface area (Å²) >= 11 is 11.9. The predicted molar refractivity (Wildman–Crippen MR) is 117 cm³/mol. The van der Waals surface area contributed by atoms with Gasteiger partial charge in [0.05, 0.1) is 20.0 Å². The lowest BCUT2D eigenvalue weighted by atomic mass is 10.1. The first-order valence-corrected chi connectivity index (χ1v) is 10.4. The Morgan fingerprint density at radius 1 is 1.25 bits per heavy atom. The number of nitrogens with two attached hydrogens (primary N) is 1. The van der Waals surface area contributed by atoms with Crippen molar-refractivity contribution in [1.29, 1.82) is 0 Å². The molecule has 1 fully saturated rings. The Balaban J connectivity index is 1.71. The Bertz CT molecular complexity index is 1210. The van der Waals surface area contributed by atoms with Crippen LogP contribution in [0.5, 0.6) is 5.75 Å². The Hall–Kier alpha value is -2.49. The maximum atomic E-state index is 14.1. The maximum Gasteiger partial charge on any atom is 0.279 e. The third kappa shape index (κ3) is 4.65. The molecule has 3 heterocycles. The molecule has 1 saturated heterocycles. The molecule has 3 aromatic rings. The zero-order valence-electron chi connectivity index (χ0n) is 18.6. The van der Waals surface area contributed by atoms with E-state index in [1.807, 2.05) is 0 Å². The molecule has 2 aromatic heterocycles. The number of nitrogen functional groups attached to an aromatic ring is 1. The lowest BCUT2D eigenvalue weighted by molar-refractivity contribution is 0.0107. The van der Waals surface area contributed by atoms with Gasteiger partial charge in [-0.05, 0) is 44.1 Å². The summed E-state index contributed by atoms with van der Waals surface area (Å²) < 4.78 is 66.1. The first kappa shape index (κ1) is 20.1. The number of nitrogens with zero attached hydrogens (tertiary/aromatic N) is 3. The van der Waals surface area contributed by atoms with Gasteiger partial charge in [0.1, 0.15) is 5.82 Å². The largest absolute Gasteiger partial charge is 0.476 e. The molecule has 1 aliphatic rings. The average molecular weight is 488 g/mol. The quantitative estimate of drug-likeness (QED) is 0.462. The molecule has 0 bridgehead atoms. The van der Waals surface area contributed by atoms with Gasteiger partial charge in [-0.3, -0.25) is 4.68 Å². The topological polar surface area (TPSA) is 78.0 Å². The molecular weight excluding hydrogens is 466 g/mol. The fourth-order valence-corrected chi connectivity index (χ4v) is 3.92. The zero-order valence-corrected chi connectivity index (χ0v) is 18.1. The molecule has 3 N–H and O–H groups in total. The van der Waals surface area contributed by atoms with Crippen LogP contribution in [-0.2, 0) is 0 Å². The zero-order chi connectivity index (χ0) is 24.7. The van der Waals surface area contributed by atoms with Crippen LogP contribution in [0.3, 0.4) is 0 Å². The third-order valence-corrected chi connectivity index (χ3v) is 5.70. The number of pyridine rings is 1. The minimum atomic E-state index is -3.47. The molecule has 1 unspecified atom stereocenters. The standard InChI is InChI=1S/C21H20Cl2F3N5O/c22-14-1-2-15(24)18(23)17(14)19(20(25)26)32-16-7-11(8-29-21(16)27)12-9-30-31(10-12)13-3-5-28-6-4-13/h1-2,7-10,13,19-20,28H,3-6H2,(H2,27,29)/i13D,19D. The van der Waals surface area contributed by atoms with Crippen molar-refractivity contribution >= 4 is 29.0 Å². The van der Waals surface area contributed by atoms with E-state index in [-0.39, 0.29) is 16.6 Å². The van der Waals surface area contributed by atoms with Crippen molar-refractivity contribution < 1.29 is 20.6 Å². The van der Waals surface area contributed by atoms with Crippen LogP contribution >= 0.6 is 23.2 Å². The van der Waals surface area contributed by atoms with Gasteiger partial charge >= 0.3 is 0 Å². The summed E-state index contributed by atoms with van der Waals surface area (Å²) in [4.78, 5) is 3.98. The highest BCUT2D eigenvalue weighted by molar-refractivity contribution is 6.36. The Morgan fingerprint density at radius 3 is 2.72 bits per heavy atom. The number of hydrogen-bond acceptors (Lipinski definition) is 5. The highest BCUT2D eigenvalue weighted by Gasteiger charge is 2.31. The third-order valence-electron chi connectivity index (χ3n) is 5.01. The molecule has 4 rings (SSSR count). The van der Waals surface area contributed by atoms with E-state index in [4.69, 9.17) is 36.4 Å². The van der Waals surface area contributed by atoms with E-state index in [1.165, 1.54) is 18.5 Å². The van der Waals surface area contributed by atoms with Gasteiger partial charge in [-0.2, -0.15) is 5.10 Å². The van der Waals surface area contributed by atoms with E-state index in [2.05, 4.69) is 15.4 Å². The van der Waals surface area contributed by atoms with Crippen molar-refractivity contribution in [2.45, 2.75) is 31.4 Å². The van der Waals surface area contributed by atoms with Gasteiger partial charge in [0.2, 0.25) is 0 Å². The maximum absolute atomic E-state index is 14.1. The average Bonchev–Trinajstić information content (AvgIpc) is 3.30. The molecule has 32 heavy (non-hydrogen) atoms. The molecule has 0 amide bonds. The molecule has 170 valence electrons. The van der Waals surface area contributed by atoms with Crippen LogP contribution in [-0.4, -0.2) is 34.3 Å². The number of rotatable bonds is 6. The number of hydrogen-bond donors (Lipinski definition) is 2. The first-order chi connectivity index (χ1) is 16.0. The number of anilines is 1. The molecular formula is C21H20Cl2F3N5O. The molecule has 0 saturated carbocycles. The predicted octanol–water partition coefficient (Wildman–Crippen LogP) is 5.28. The van der Waals surface area contributed by atoms with Crippen LogP contribution in [0.2, 0.25) is 10.0 Å². The molecule has 1 atom stereocenters. The van der Waals surface area contributed by atoms with Crippen molar-refractivity contribution in [3.63, 3.8) is 0 Å². The van der Waals surface area contributed by atoms with Gasteiger partial charge in [-0.25, -0.2) is 18.2 Å². The summed E-state index contributed by atoms with van der Waals surface area (Å²) in [5.41, 5.74) is 6.05. The summed E-state index contributed by atoms with van der Waals surface area (Å²) in [6, 6.07) is 2.31. The normalized spacial score (nSPS) is 18.7. The summed E-state index contributed by atoms with van der Waals surface area (Å²) in [7, 11) is 0. The van der Waals surface area contributed by atoms with E-state index in [0.717, 1.165) is 12.1 Å². The minimum Gasteiger partial charge on any atom is -0.476 e. The number of piperidine rings is 1. The number of aromatic nitrogens is 3. The van der Waals surface area contributed by atoms with Crippen LogP contribution in [0.1, 0.15) is 33.2 Å². The highest BCUT2D eigenvalue weighted by Crippen LogP contribution is 2.39. The van der Waals surface area contributed by atoms with E-state index < -0.39 is 34.9 Å². The smallest absolute Gasteiger partial charge is 0.279 e. The van der Waals surface area contributed by atoms with E-state index in [9.17, 15) is 13.2 Å². The number of alkyl halides is 2. The van der Waals surface area contributed by atoms with E-state index in [1.54, 1.807) is 10.9 Å². The first-order valence-electron chi connectivity index (χ1n) is 10.7. The van der Waals surface area contributed by atoms with E-state index >= 15 is 0 Å². The molecule has 11 heteroatoms. The van der Waals surface area contributed by atoms with Gasteiger partial charge in [-0.1, -0.05) is 23.2 Å². The highest BCUT2D eigenvalue weighted by atomic mass is 35.5. The Labute approximate surface area is 195 Å². The van der Waals surface area contributed by atoms with E-state index in [0.29, 0.717) is 37.1 Å². The SMILES string of the molecule is [2H]C(Oc1cc(-c2cnn(C3([2H])CCNCC3)c2)cnc1N)(c1c(Cl)ccc(F)c1Cl)C(F)F. The van der Waals surface area contributed by atoms with Gasteiger partial charge < -0.3 is 15.8 Å². The van der Waals surface area contributed by atoms with Crippen molar-refractivity contribution in [2.24, 2.45) is 0 Å². The van der Waals surface area contributed by atoms with Crippen LogP contribution in [0, 0.1) is 5.82 Å². The van der Waals surface area contributed by atoms with Gasteiger partial charge in [0.25, 0.3) is 6.43 Å². The van der Waals surface area contributed by atoms with Crippen LogP contribution in [0.4, 0.5) is 19.0 Å². The Kier molecular flexibility index (Phi) is 6.02. The fraction of sp³-hybridized carbons (Fsp3) is 0.333. The van der Waals surface area contributed by atoms with Gasteiger partial charge in [0.15, 0.2) is 17.6 Å². The monoisotopic (exact) mass is 487 g/mol. The minimum absolute atomic E-state index is 0.271. The van der Waals surface area contributed by atoms with Gasteiger partial charge in [0, 0.05) is 34.1 Å². The summed E-state index contributed by atoms with van der Waals surface area (Å²) in [6.45, 7) is 1.37. The molecule has 1 aromatic carbocycles. The second kappa shape index (κ2) is 9.56. The number of nitrogens with one attached hydrogen (secondary N) is 1. The summed E-state index contributed by atoms with van der Waals surface area (Å²) in [6.07, 6.45) is -0.972. The second-order valence-corrected chi connectivity index (χ2v) is 7.87. The van der Waals surface area contributed by atoms with Crippen molar-refractivity contribution in [3.8, 4) is 16.9 Å². The van der Waals surface area contributed by atoms with Gasteiger partial charge in [-0.15, -0.1) is 0 Å². The van der Waals surface area contributed by atoms with Crippen LogP contribution in [0.15, 0.2) is 36.8 Å². The summed E-state index contributed by atoms with van der Waals surface area (Å²) in [5.74, 6) is -1.65. The van der Waals surface area contributed by atoms with Crippen LogP contribution < -0.4 is 15.8 Å². The molecule has 1 aliphatic heterocycles. The Morgan fingerprint density at radius 2 is 2.00 bits per heavy atom. The number of halogens is 5. The molecule has 0 aliphatic carbocycles. The summed E-state index contributed by atoms with van der Waals surface area (Å²) in [5, 5.41) is 6.36. The van der Waals surface area contributed by atoms with Crippen molar-refractivity contribution in [2.75, 3.05) is 18.8 Å². The molecule has 0 spiro atoms. The second-order valence-electron chi connectivity index (χ2n) is 7.08. The number of ether oxygens (including phenoxy) is 1. The lowest BCUT2D eigenvalue weighted by Gasteiger charge is -2.22. The van der Waals surface area contributed by atoms with Crippen molar-refractivity contribution in [3.05, 3.63) is 58.2 Å². The van der Waals surface area contributed by atoms with Crippen molar-refractivity contribution in [1.82, 2.24) is 20.1 Å². The lowest BCUT2D eigenvalue weighted by Crippen LogP contribution is -2.29. The fourth-order valence-electron chi connectivity index (χ4n) is 3.36.